The van der Waals surface area contributed by atoms with Crippen molar-refractivity contribution in [2.45, 2.75) is 13.3 Å². The van der Waals surface area contributed by atoms with E-state index in [1.54, 1.807) is 4.90 Å². The highest BCUT2D eigenvalue weighted by Crippen LogP contribution is 2.05. The van der Waals surface area contributed by atoms with Crippen LogP contribution in [0.15, 0.2) is 0 Å². The predicted molar refractivity (Wildman–Crippen MR) is 44.8 cm³/mol. The van der Waals surface area contributed by atoms with Gasteiger partial charge in [-0.2, -0.15) is 0 Å². The summed E-state index contributed by atoms with van der Waals surface area (Å²) in [6.07, 6.45) is 1.27. The van der Waals surface area contributed by atoms with Gasteiger partial charge in [-0.3, -0.25) is 0 Å². The van der Waals surface area contributed by atoms with Crippen molar-refractivity contribution in [2.24, 2.45) is 5.92 Å². The lowest BCUT2D eigenvalue weighted by Gasteiger charge is -2.30. The quantitative estimate of drug-likeness (QED) is 0.617. The first-order chi connectivity index (χ1) is 5.74. The molecule has 0 spiro atoms. The van der Waals surface area contributed by atoms with Crippen LogP contribution in [-0.4, -0.2) is 36.9 Å². The smallest absolute Gasteiger partial charge is 0.317 e. The molecule has 1 saturated heterocycles. The molecule has 4 heteroatoms. The van der Waals surface area contributed by atoms with E-state index in [4.69, 9.17) is 0 Å². The van der Waals surface area contributed by atoms with E-state index >= 15 is 0 Å². The van der Waals surface area contributed by atoms with Gasteiger partial charge in [-0.05, 0) is 5.92 Å². The Labute approximate surface area is 71.9 Å². The van der Waals surface area contributed by atoms with E-state index in [0.29, 0.717) is 18.9 Å². The van der Waals surface area contributed by atoms with Crippen LogP contribution in [0.25, 0.3) is 0 Å². The van der Waals surface area contributed by atoms with Gasteiger partial charge in [0.25, 0.3) is 0 Å². The molecule has 68 valence electrons. The second kappa shape index (κ2) is 4.09. The number of carbonyl (C=O) groups is 2. The number of amides is 2. The lowest BCUT2D eigenvalue weighted by molar-refractivity contribution is -0.108. The maximum absolute atomic E-state index is 11.1. The molecule has 0 aliphatic carbocycles. The number of carbonyl (C=O) groups excluding carboxylic acids is 2. The minimum absolute atomic E-state index is 0.0463. The summed E-state index contributed by atoms with van der Waals surface area (Å²) in [5.74, 6) is 0.481. The molecule has 0 aromatic rings. The lowest BCUT2D eigenvalue weighted by atomic mass is 10.1. The molecular formula is C8H14N2O2. The minimum Gasteiger partial charge on any atom is -0.338 e. The largest absolute Gasteiger partial charge is 0.338 e. The summed E-state index contributed by atoms with van der Waals surface area (Å²) in [6, 6.07) is -0.0463. The monoisotopic (exact) mass is 170 g/mol. The van der Waals surface area contributed by atoms with E-state index in [-0.39, 0.29) is 6.03 Å². The molecule has 1 aliphatic heterocycles. The summed E-state index contributed by atoms with van der Waals surface area (Å²) in [5, 5.41) is 2.76. The summed E-state index contributed by atoms with van der Waals surface area (Å²) in [5.41, 5.74) is 0. The zero-order valence-corrected chi connectivity index (χ0v) is 7.25. The molecule has 0 bridgehead atoms. The molecule has 1 unspecified atom stereocenters. The van der Waals surface area contributed by atoms with Crippen LogP contribution in [0.5, 0.6) is 0 Å². The maximum Gasteiger partial charge on any atom is 0.317 e. The standard InChI is InChI=1S/C8H14N2O2/c1-7-5-9-8(12)10(6-7)3-2-4-11/h4,7H,2-3,5-6H2,1H3,(H,9,12). The average Bonchev–Trinajstić information content (AvgIpc) is 2.07. The number of aldehydes is 1. The summed E-state index contributed by atoms with van der Waals surface area (Å²) in [6.45, 7) is 4.13. The molecule has 1 rings (SSSR count). The fourth-order valence-corrected chi connectivity index (χ4v) is 1.30. The predicted octanol–water partition coefficient (Wildman–Crippen LogP) is 0.237. The molecule has 1 atom stereocenters. The van der Waals surface area contributed by atoms with E-state index in [1.807, 2.05) is 0 Å². The molecule has 12 heavy (non-hydrogen) atoms. The molecule has 2 amide bonds. The van der Waals surface area contributed by atoms with Crippen LogP contribution in [-0.2, 0) is 4.79 Å². The molecule has 0 radical (unpaired) electrons. The van der Waals surface area contributed by atoms with E-state index < -0.39 is 0 Å². The summed E-state index contributed by atoms with van der Waals surface area (Å²) in [4.78, 5) is 22.9. The van der Waals surface area contributed by atoms with E-state index in [1.165, 1.54) is 0 Å². The second-order valence-electron chi connectivity index (χ2n) is 3.19. The molecule has 1 heterocycles. The molecule has 1 N–H and O–H groups in total. The fourth-order valence-electron chi connectivity index (χ4n) is 1.30. The van der Waals surface area contributed by atoms with Crippen LogP contribution < -0.4 is 5.32 Å². The third-order valence-corrected chi connectivity index (χ3v) is 1.94. The number of urea groups is 1. The van der Waals surface area contributed by atoms with E-state index in [0.717, 1.165) is 19.4 Å². The topological polar surface area (TPSA) is 49.4 Å². The van der Waals surface area contributed by atoms with Crippen molar-refractivity contribution >= 4 is 12.3 Å². The summed E-state index contributed by atoms with van der Waals surface area (Å²) in [7, 11) is 0. The Morgan fingerprint density at radius 2 is 2.50 bits per heavy atom. The Morgan fingerprint density at radius 3 is 3.17 bits per heavy atom. The molecular weight excluding hydrogens is 156 g/mol. The highest BCUT2D eigenvalue weighted by Gasteiger charge is 2.21. The van der Waals surface area contributed by atoms with Crippen LogP contribution in [0.1, 0.15) is 13.3 Å². The minimum atomic E-state index is -0.0463. The third kappa shape index (κ3) is 2.22. The highest BCUT2D eigenvalue weighted by atomic mass is 16.2. The molecule has 0 aromatic heterocycles. The fraction of sp³-hybridized carbons (Fsp3) is 0.750. The SMILES string of the molecule is CC1CNC(=O)N(CCC=O)C1. The van der Waals surface area contributed by atoms with Gasteiger partial charge in [0.2, 0.25) is 0 Å². The lowest BCUT2D eigenvalue weighted by Crippen LogP contribution is -2.50. The van der Waals surface area contributed by atoms with Gasteiger partial charge in [0.15, 0.2) is 0 Å². The number of hydrogen-bond acceptors (Lipinski definition) is 2. The first-order valence-corrected chi connectivity index (χ1v) is 4.20. The normalized spacial score (nSPS) is 23.6. The van der Waals surface area contributed by atoms with Crippen molar-refractivity contribution in [3.63, 3.8) is 0 Å². The van der Waals surface area contributed by atoms with Crippen LogP contribution in [0, 0.1) is 5.92 Å². The van der Waals surface area contributed by atoms with Gasteiger partial charge < -0.3 is 15.0 Å². The number of nitrogens with one attached hydrogen (secondary N) is 1. The van der Waals surface area contributed by atoms with Gasteiger partial charge in [-0.15, -0.1) is 0 Å². The van der Waals surface area contributed by atoms with E-state index in [2.05, 4.69) is 12.2 Å². The van der Waals surface area contributed by atoms with Gasteiger partial charge >= 0.3 is 6.03 Å². The summed E-state index contributed by atoms with van der Waals surface area (Å²) >= 11 is 0. The molecule has 0 aromatic carbocycles. The molecule has 0 saturated carbocycles. The van der Waals surface area contributed by atoms with Gasteiger partial charge in [0, 0.05) is 26.1 Å². The number of nitrogens with zero attached hydrogens (tertiary/aromatic N) is 1. The van der Waals surface area contributed by atoms with Crippen LogP contribution in [0.3, 0.4) is 0 Å². The second-order valence-corrected chi connectivity index (χ2v) is 3.19. The molecule has 1 fully saturated rings. The van der Waals surface area contributed by atoms with Crippen molar-refractivity contribution in [2.75, 3.05) is 19.6 Å². The van der Waals surface area contributed by atoms with Gasteiger partial charge in [0.05, 0.1) is 0 Å². The van der Waals surface area contributed by atoms with Gasteiger partial charge in [-0.25, -0.2) is 4.79 Å². The molecule has 4 nitrogen and oxygen atoms in total. The Hall–Kier alpha value is -1.06. The van der Waals surface area contributed by atoms with Crippen LogP contribution in [0.4, 0.5) is 4.79 Å². The first kappa shape index (κ1) is 9.03. The van der Waals surface area contributed by atoms with Crippen LogP contribution in [0.2, 0.25) is 0 Å². The first-order valence-electron chi connectivity index (χ1n) is 4.20. The Balaban J connectivity index is 2.38. The van der Waals surface area contributed by atoms with Gasteiger partial charge in [0.1, 0.15) is 6.29 Å². The average molecular weight is 170 g/mol. The van der Waals surface area contributed by atoms with Crippen molar-refractivity contribution in [1.82, 2.24) is 10.2 Å². The van der Waals surface area contributed by atoms with Crippen LogP contribution >= 0.6 is 0 Å². The zero-order valence-electron chi connectivity index (χ0n) is 7.25. The number of rotatable bonds is 3. The third-order valence-electron chi connectivity index (χ3n) is 1.94. The van der Waals surface area contributed by atoms with Gasteiger partial charge in [-0.1, -0.05) is 6.92 Å². The Morgan fingerprint density at radius 1 is 1.75 bits per heavy atom. The Bertz CT molecular complexity index is 182. The van der Waals surface area contributed by atoms with Crippen molar-refractivity contribution in [1.29, 1.82) is 0 Å². The number of hydrogen-bond donors (Lipinski definition) is 1. The van der Waals surface area contributed by atoms with Crippen molar-refractivity contribution in [3.8, 4) is 0 Å². The van der Waals surface area contributed by atoms with E-state index in [9.17, 15) is 9.59 Å². The highest BCUT2D eigenvalue weighted by molar-refractivity contribution is 5.75. The van der Waals surface area contributed by atoms with Crippen molar-refractivity contribution in [3.05, 3.63) is 0 Å². The maximum atomic E-state index is 11.1. The Kier molecular flexibility index (Phi) is 3.08. The van der Waals surface area contributed by atoms with Crippen molar-refractivity contribution < 1.29 is 9.59 Å². The zero-order chi connectivity index (χ0) is 8.97. The molecule has 1 aliphatic rings. The summed E-state index contributed by atoms with van der Waals surface area (Å²) < 4.78 is 0.